The van der Waals surface area contributed by atoms with E-state index >= 15 is 0 Å². The summed E-state index contributed by atoms with van der Waals surface area (Å²) in [6.07, 6.45) is 11.9. The van der Waals surface area contributed by atoms with Crippen LogP contribution in [0.25, 0.3) is 0 Å². The molecule has 0 aromatic carbocycles. The highest BCUT2D eigenvalue weighted by atomic mass is 16.5. The van der Waals surface area contributed by atoms with E-state index < -0.39 is 5.60 Å². The zero-order valence-corrected chi connectivity index (χ0v) is 22.8. The SMILES string of the molecule is CC(C)(O)[C@H]1CC[C@](C)([C@H]2CC[C@]3(C)[C@@H]2CC[C@H]2[C@@]4(C)CC[C@@H](O)C(C)(C)[C@@H]4CC[C@]23C)O1. The second-order valence-electron chi connectivity index (χ2n) is 15.3. The van der Waals surface area contributed by atoms with E-state index in [1.54, 1.807) is 0 Å². The lowest BCUT2D eigenvalue weighted by atomic mass is 9.35. The van der Waals surface area contributed by atoms with Crippen molar-refractivity contribution in [1.82, 2.24) is 0 Å². The Balaban J connectivity index is 1.44. The van der Waals surface area contributed by atoms with E-state index in [2.05, 4.69) is 41.5 Å². The summed E-state index contributed by atoms with van der Waals surface area (Å²) < 4.78 is 6.73. The Morgan fingerprint density at radius 2 is 1.36 bits per heavy atom. The molecule has 10 atom stereocenters. The Labute approximate surface area is 203 Å². The smallest absolute Gasteiger partial charge is 0.0865 e. The average Bonchev–Trinajstić information content (AvgIpc) is 3.27. The minimum absolute atomic E-state index is 0.0293. The first-order chi connectivity index (χ1) is 15.1. The molecule has 0 amide bonds. The molecule has 0 radical (unpaired) electrons. The Morgan fingerprint density at radius 3 is 2.00 bits per heavy atom. The van der Waals surface area contributed by atoms with Crippen LogP contribution >= 0.6 is 0 Å². The van der Waals surface area contributed by atoms with Gasteiger partial charge in [0.05, 0.1) is 23.4 Å². The maximum absolute atomic E-state index is 10.9. The molecule has 0 unspecified atom stereocenters. The van der Waals surface area contributed by atoms with Crippen molar-refractivity contribution in [3.63, 3.8) is 0 Å². The van der Waals surface area contributed by atoms with Gasteiger partial charge in [-0.1, -0.05) is 34.6 Å². The van der Waals surface area contributed by atoms with Crippen molar-refractivity contribution in [1.29, 1.82) is 0 Å². The van der Waals surface area contributed by atoms with Crippen molar-refractivity contribution >= 4 is 0 Å². The molecule has 5 rings (SSSR count). The summed E-state index contributed by atoms with van der Waals surface area (Å²) in [5.74, 6) is 2.73. The Kier molecular flexibility index (Phi) is 5.38. The molecule has 2 N–H and O–H groups in total. The molecule has 4 saturated carbocycles. The van der Waals surface area contributed by atoms with E-state index in [4.69, 9.17) is 4.74 Å². The molecule has 4 aliphatic carbocycles. The monoisotopic (exact) mass is 460 g/mol. The molecular weight excluding hydrogens is 408 g/mol. The van der Waals surface area contributed by atoms with E-state index in [9.17, 15) is 10.2 Å². The fourth-order valence-electron chi connectivity index (χ4n) is 11.1. The topological polar surface area (TPSA) is 49.7 Å². The van der Waals surface area contributed by atoms with Gasteiger partial charge in [0.25, 0.3) is 0 Å². The third-order valence-corrected chi connectivity index (χ3v) is 13.3. The molecule has 33 heavy (non-hydrogen) atoms. The summed E-state index contributed by atoms with van der Waals surface area (Å²) in [5.41, 5.74) is 0.277. The van der Waals surface area contributed by atoms with Crippen LogP contribution < -0.4 is 0 Å². The lowest BCUT2D eigenvalue weighted by molar-refractivity contribution is -0.227. The highest BCUT2D eigenvalue weighted by molar-refractivity contribution is 5.18. The Bertz CT molecular complexity index is 784. The second kappa shape index (κ2) is 7.22. The van der Waals surface area contributed by atoms with Gasteiger partial charge in [0.15, 0.2) is 0 Å². The third-order valence-electron chi connectivity index (χ3n) is 13.3. The first kappa shape index (κ1) is 24.6. The standard InChI is InChI=1S/C30H52O3/c1-25(2)21-12-17-29(7)22(27(21,5)15-13-23(25)31)10-9-19-20(11-16-28(19,29)6)30(8)18-14-24(33-30)26(3,4)32/h19-24,31-32H,9-18H2,1-8H3/t19-,20+,21+,22+,23-,24-,27+,28-,29-,30-/m1/s1. The predicted molar refractivity (Wildman–Crippen MR) is 134 cm³/mol. The van der Waals surface area contributed by atoms with Crippen molar-refractivity contribution in [3.05, 3.63) is 0 Å². The van der Waals surface area contributed by atoms with Gasteiger partial charge in [0.1, 0.15) is 0 Å². The molecule has 0 spiro atoms. The van der Waals surface area contributed by atoms with Gasteiger partial charge in [0.2, 0.25) is 0 Å². The number of rotatable bonds is 2. The third kappa shape index (κ3) is 3.16. The number of hydrogen-bond acceptors (Lipinski definition) is 3. The van der Waals surface area contributed by atoms with Crippen molar-refractivity contribution in [2.75, 3.05) is 0 Å². The largest absolute Gasteiger partial charge is 0.393 e. The van der Waals surface area contributed by atoms with Gasteiger partial charge >= 0.3 is 0 Å². The number of aliphatic hydroxyl groups excluding tert-OH is 1. The number of hydrogen-bond donors (Lipinski definition) is 2. The van der Waals surface area contributed by atoms with E-state index in [0.717, 1.165) is 31.1 Å². The van der Waals surface area contributed by atoms with Crippen LogP contribution in [0.4, 0.5) is 0 Å². The molecule has 1 heterocycles. The van der Waals surface area contributed by atoms with Gasteiger partial charge in [-0.05, 0) is 130 Å². The first-order valence-electron chi connectivity index (χ1n) is 14.2. The molecule has 1 saturated heterocycles. The van der Waals surface area contributed by atoms with E-state index in [1.807, 2.05) is 13.8 Å². The Hall–Kier alpha value is -0.120. The molecule has 5 fully saturated rings. The van der Waals surface area contributed by atoms with E-state index in [-0.39, 0.29) is 23.2 Å². The average molecular weight is 461 g/mol. The maximum atomic E-state index is 10.9. The Morgan fingerprint density at radius 1 is 0.697 bits per heavy atom. The number of fused-ring (bicyclic) bond motifs is 5. The van der Waals surface area contributed by atoms with Gasteiger partial charge in [-0.2, -0.15) is 0 Å². The second-order valence-corrected chi connectivity index (χ2v) is 15.3. The van der Waals surface area contributed by atoms with Crippen LogP contribution in [0.2, 0.25) is 0 Å². The molecule has 3 nitrogen and oxygen atoms in total. The summed E-state index contributed by atoms with van der Waals surface area (Å²) in [6, 6.07) is 0. The van der Waals surface area contributed by atoms with Crippen LogP contribution in [0.1, 0.15) is 120 Å². The highest BCUT2D eigenvalue weighted by Crippen LogP contribution is 2.76. The van der Waals surface area contributed by atoms with Crippen LogP contribution in [0, 0.1) is 45.3 Å². The van der Waals surface area contributed by atoms with E-state index in [0.29, 0.717) is 28.1 Å². The molecule has 3 heteroatoms. The van der Waals surface area contributed by atoms with Gasteiger partial charge in [-0.3, -0.25) is 0 Å². The normalized spacial score (nSPS) is 56.2. The lowest BCUT2D eigenvalue weighted by Gasteiger charge is -2.70. The van der Waals surface area contributed by atoms with Crippen LogP contribution in [0.15, 0.2) is 0 Å². The van der Waals surface area contributed by atoms with Gasteiger partial charge < -0.3 is 14.9 Å². The van der Waals surface area contributed by atoms with Crippen molar-refractivity contribution in [2.24, 2.45) is 45.3 Å². The van der Waals surface area contributed by atoms with Crippen molar-refractivity contribution in [2.45, 2.75) is 143 Å². The predicted octanol–water partition coefficient (Wildman–Crippen LogP) is 6.74. The molecule has 0 aromatic rings. The quantitative estimate of drug-likeness (QED) is 0.480. The summed E-state index contributed by atoms with van der Waals surface area (Å²) in [5, 5.41) is 21.5. The molecule has 0 bridgehead atoms. The van der Waals surface area contributed by atoms with Crippen LogP contribution in [0.3, 0.4) is 0 Å². The summed E-state index contributed by atoms with van der Waals surface area (Å²) in [7, 11) is 0. The lowest BCUT2D eigenvalue weighted by Crippen LogP contribution is -2.64. The van der Waals surface area contributed by atoms with Gasteiger partial charge in [-0.25, -0.2) is 0 Å². The molecule has 0 aromatic heterocycles. The van der Waals surface area contributed by atoms with Crippen LogP contribution in [-0.4, -0.2) is 33.6 Å². The van der Waals surface area contributed by atoms with E-state index in [1.165, 1.54) is 44.9 Å². The number of aliphatic hydroxyl groups is 2. The van der Waals surface area contributed by atoms with Crippen molar-refractivity contribution < 1.29 is 14.9 Å². The minimum atomic E-state index is -0.755. The number of ether oxygens (including phenoxy) is 1. The molecule has 190 valence electrons. The highest BCUT2D eigenvalue weighted by Gasteiger charge is 2.70. The molecule has 5 aliphatic rings. The first-order valence-corrected chi connectivity index (χ1v) is 14.2. The zero-order valence-electron chi connectivity index (χ0n) is 22.8. The van der Waals surface area contributed by atoms with Crippen LogP contribution in [-0.2, 0) is 4.74 Å². The van der Waals surface area contributed by atoms with Crippen molar-refractivity contribution in [3.8, 4) is 0 Å². The van der Waals surface area contributed by atoms with Gasteiger partial charge in [0, 0.05) is 0 Å². The minimum Gasteiger partial charge on any atom is -0.393 e. The molecular formula is C30H52O3. The fraction of sp³-hybridized carbons (Fsp3) is 1.00. The van der Waals surface area contributed by atoms with Crippen LogP contribution in [0.5, 0.6) is 0 Å². The van der Waals surface area contributed by atoms with Gasteiger partial charge in [-0.15, -0.1) is 0 Å². The summed E-state index contributed by atoms with van der Waals surface area (Å²) in [6.45, 7) is 18.8. The fourth-order valence-corrected chi connectivity index (χ4v) is 11.1. The zero-order chi connectivity index (χ0) is 24.2. The molecule has 1 aliphatic heterocycles. The summed E-state index contributed by atoms with van der Waals surface area (Å²) in [4.78, 5) is 0. The summed E-state index contributed by atoms with van der Waals surface area (Å²) >= 11 is 0. The maximum Gasteiger partial charge on any atom is 0.0865 e.